The molecule has 0 atom stereocenters. The molecule has 1 aromatic heterocycles. The van der Waals surface area contributed by atoms with Crippen molar-refractivity contribution < 1.29 is 4.39 Å². The molecule has 1 heterocycles. The summed E-state index contributed by atoms with van der Waals surface area (Å²) in [4.78, 5) is 8.25. The van der Waals surface area contributed by atoms with Gasteiger partial charge in [0.05, 0.1) is 11.2 Å². The first-order valence-electron chi connectivity index (χ1n) is 4.87. The Morgan fingerprint density at radius 2 is 2.07 bits per heavy atom. The van der Waals surface area contributed by atoms with Gasteiger partial charge in [0, 0.05) is 17.4 Å². The number of fused-ring (bicyclic) bond motifs is 1. The van der Waals surface area contributed by atoms with Crippen LogP contribution in [0.5, 0.6) is 0 Å². The van der Waals surface area contributed by atoms with Crippen LogP contribution in [0, 0.1) is 5.82 Å². The molecule has 76 valence electrons. The van der Waals surface area contributed by atoms with E-state index < -0.39 is 0 Å². The van der Waals surface area contributed by atoms with E-state index in [0.29, 0.717) is 11.4 Å². The van der Waals surface area contributed by atoms with Gasteiger partial charge < -0.3 is 0 Å². The van der Waals surface area contributed by atoms with E-state index in [9.17, 15) is 4.39 Å². The Morgan fingerprint density at radius 3 is 2.80 bits per heavy atom. The molecule has 0 spiro atoms. The third-order valence-corrected chi connectivity index (χ3v) is 2.79. The summed E-state index contributed by atoms with van der Waals surface area (Å²) >= 11 is 5.80. The molecule has 4 heteroatoms. The molecule has 2 aromatic rings. The molecule has 0 amide bonds. The second-order valence-corrected chi connectivity index (χ2v) is 4.15. The van der Waals surface area contributed by atoms with E-state index in [0.717, 1.165) is 23.9 Å². The van der Waals surface area contributed by atoms with Crippen LogP contribution in [0.25, 0.3) is 10.9 Å². The minimum atomic E-state index is -0.293. The molecule has 1 fully saturated rings. The minimum Gasteiger partial charge on any atom is -0.222 e. The predicted octanol–water partition coefficient (Wildman–Crippen LogP) is 3.30. The van der Waals surface area contributed by atoms with Crippen molar-refractivity contribution in [3.63, 3.8) is 0 Å². The first-order chi connectivity index (χ1) is 7.24. The van der Waals surface area contributed by atoms with Crippen molar-refractivity contribution >= 4 is 22.5 Å². The Kier molecular flexibility index (Phi) is 1.89. The fourth-order valence-electron chi connectivity index (χ4n) is 1.77. The lowest BCUT2D eigenvalue weighted by Crippen LogP contribution is -1.93. The Labute approximate surface area is 91.1 Å². The van der Waals surface area contributed by atoms with E-state index in [1.807, 2.05) is 0 Å². The monoisotopic (exact) mass is 222 g/mol. The summed E-state index contributed by atoms with van der Waals surface area (Å²) in [6.07, 6.45) is 2.28. The normalized spacial score (nSPS) is 15.9. The summed E-state index contributed by atoms with van der Waals surface area (Å²) in [6, 6.07) is 4.56. The van der Waals surface area contributed by atoms with Gasteiger partial charge in [0.15, 0.2) is 0 Å². The SMILES string of the molecule is Fc1ccc2c(C3CC3)nc(Cl)nc2c1. The zero-order valence-corrected chi connectivity index (χ0v) is 8.63. The van der Waals surface area contributed by atoms with Crippen LogP contribution in [0.1, 0.15) is 24.5 Å². The van der Waals surface area contributed by atoms with E-state index in [4.69, 9.17) is 11.6 Å². The van der Waals surface area contributed by atoms with E-state index in [1.54, 1.807) is 6.07 Å². The number of rotatable bonds is 1. The number of aromatic nitrogens is 2. The quantitative estimate of drug-likeness (QED) is 0.692. The van der Waals surface area contributed by atoms with Crippen LogP contribution in [0.4, 0.5) is 4.39 Å². The fourth-order valence-corrected chi connectivity index (χ4v) is 1.95. The Morgan fingerprint density at radius 1 is 1.27 bits per heavy atom. The molecule has 0 radical (unpaired) electrons. The Balaban J connectivity index is 2.33. The highest BCUT2D eigenvalue weighted by Crippen LogP contribution is 2.42. The van der Waals surface area contributed by atoms with Gasteiger partial charge in [0.1, 0.15) is 5.82 Å². The van der Waals surface area contributed by atoms with E-state index in [1.165, 1.54) is 12.1 Å². The van der Waals surface area contributed by atoms with Crippen LogP contribution in [0.15, 0.2) is 18.2 Å². The van der Waals surface area contributed by atoms with Crippen molar-refractivity contribution in [1.82, 2.24) is 9.97 Å². The van der Waals surface area contributed by atoms with Crippen molar-refractivity contribution in [1.29, 1.82) is 0 Å². The zero-order valence-electron chi connectivity index (χ0n) is 7.87. The lowest BCUT2D eigenvalue weighted by atomic mass is 10.1. The molecule has 3 rings (SSSR count). The van der Waals surface area contributed by atoms with Gasteiger partial charge in [-0.25, -0.2) is 14.4 Å². The molecule has 1 saturated carbocycles. The summed E-state index contributed by atoms with van der Waals surface area (Å²) in [6.45, 7) is 0. The predicted molar refractivity (Wildman–Crippen MR) is 56.5 cm³/mol. The third kappa shape index (κ3) is 1.57. The molecule has 0 aliphatic heterocycles. The van der Waals surface area contributed by atoms with Gasteiger partial charge >= 0.3 is 0 Å². The van der Waals surface area contributed by atoms with Crippen LogP contribution >= 0.6 is 11.6 Å². The van der Waals surface area contributed by atoms with Gasteiger partial charge in [-0.2, -0.15) is 0 Å². The summed E-state index contributed by atoms with van der Waals surface area (Å²) in [5.41, 5.74) is 1.56. The smallest absolute Gasteiger partial charge is 0.222 e. The van der Waals surface area contributed by atoms with Gasteiger partial charge in [-0.3, -0.25) is 0 Å². The first kappa shape index (κ1) is 9.04. The minimum absolute atomic E-state index is 0.204. The topological polar surface area (TPSA) is 25.8 Å². The van der Waals surface area contributed by atoms with Gasteiger partial charge in [-0.15, -0.1) is 0 Å². The molecule has 0 unspecified atom stereocenters. The van der Waals surface area contributed by atoms with E-state index in [-0.39, 0.29) is 11.1 Å². The maximum Gasteiger partial charge on any atom is 0.223 e. The molecule has 1 aliphatic carbocycles. The molecule has 0 bridgehead atoms. The van der Waals surface area contributed by atoms with Crippen LogP contribution in [-0.2, 0) is 0 Å². The van der Waals surface area contributed by atoms with Crippen molar-refractivity contribution in [2.75, 3.05) is 0 Å². The summed E-state index contributed by atoms with van der Waals surface area (Å²) < 4.78 is 13.0. The van der Waals surface area contributed by atoms with Crippen molar-refractivity contribution in [3.05, 3.63) is 35.0 Å². The van der Waals surface area contributed by atoms with Crippen molar-refractivity contribution in [3.8, 4) is 0 Å². The molecular weight excluding hydrogens is 215 g/mol. The maximum atomic E-state index is 13.0. The zero-order chi connectivity index (χ0) is 10.4. The highest BCUT2D eigenvalue weighted by Gasteiger charge is 2.27. The van der Waals surface area contributed by atoms with Crippen LogP contribution in [0.2, 0.25) is 5.28 Å². The van der Waals surface area contributed by atoms with Gasteiger partial charge in [0.2, 0.25) is 5.28 Å². The summed E-state index contributed by atoms with van der Waals surface area (Å²) in [5, 5.41) is 1.12. The van der Waals surface area contributed by atoms with Crippen LogP contribution < -0.4 is 0 Å². The Hall–Kier alpha value is -1.22. The second-order valence-electron chi connectivity index (χ2n) is 3.81. The van der Waals surface area contributed by atoms with E-state index in [2.05, 4.69) is 9.97 Å². The average molecular weight is 223 g/mol. The highest BCUT2D eigenvalue weighted by molar-refractivity contribution is 6.28. The lowest BCUT2D eigenvalue weighted by Gasteiger charge is -2.04. The summed E-state index contributed by atoms with van der Waals surface area (Å²) in [5.74, 6) is 0.192. The molecule has 1 aliphatic rings. The molecule has 15 heavy (non-hydrogen) atoms. The lowest BCUT2D eigenvalue weighted by molar-refractivity contribution is 0.629. The van der Waals surface area contributed by atoms with Gasteiger partial charge in [-0.1, -0.05) is 0 Å². The number of hydrogen-bond acceptors (Lipinski definition) is 2. The van der Waals surface area contributed by atoms with Crippen LogP contribution in [-0.4, -0.2) is 9.97 Å². The van der Waals surface area contributed by atoms with Gasteiger partial charge in [0.25, 0.3) is 0 Å². The third-order valence-electron chi connectivity index (χ3n) is 2.63. The molecule has 0 N–H and O–H groups in total. The highest BCUT2D eigenvalue weighted by atomic mass is 35.5. The van der Waals surface area contributed by atoms with E-state index >= 15 is 0 Å². The number of nitrogens with zero attached hydrogens (tertiary/aromatic N) is 2. The van der Waals surface area contributed by atoms with Gasteiger partial charge in [-0.05, 0) is 36.6 Å². The first-order valence-corrected chi connectivity index (χ1v) is 5.24. The Bertz CT molecular complexity index is 532. The largest absolute Gasteiger partial charge is 0.223 e. The summed E-state index contributed by atoms with van der Waals surface area (Å²) in [7, 11) is 0. The van der Waals surface area contributed by atoms with Crippen molar-refractivity contribution in [2.45, 2.75) is 18.8 Å². The molecule has 0 saturated heterocycles. The number of benzene rings is 1. The second kappa shape index (κ2) is 3.14. The van der Waals surface area contributed by atoms with Crippen LogP contribution in [0.3, 0.4) is 0 Å². The standard InChI is InChI=1S/C11H8ClFN2/c12-11-14-9-5-7(13)3-4-8(9)10(15-11)6-1-2-6/h3-6H,1-2H2. The van der Waals surface area contributed by atoms with Crippen molar-refractivity contribution in [2.24, 2.45) is 0 Å². The fraction of sp³-hybridized carbons (Fsp3) is 0.273. The molecule has 2 nitrogen and oxygen atoms in total. The number of hydrogen-bond donors (Lipinski definition) is 0. The average Bonchev–Trinajstić information content (AvgIpc) is 2.98. The number of halogens is 2. The molecule has 1 aromatic carbocycles. The maximum absolute atomic E-state index is 13.0. The molecular formula is C11H8ClFN2.